The number of carbonyl (C=O) groups is 1. The molecule has 0 aliphatic carbocycles. The molecule has 0 unspecified atom stereocenters. The van der Waals surface area contributed by atoms with Crippen molar-refractivity contribution in [1.29, 1.82) is 0 Å². The van der Waals surface area contributed by atoms with Crippen LogP contribution < -0.4 is 4.74 Å². The van der Waals surface area contributed by atoms with Gasteiger partial charge in [0.05, 0.1) is 0 Å². The fourth-order valence-electron chi connectivity index (χ4n) is 1.21. The number of rotatable bonds is 2. The van der Waals surface area contributed by atoms with Crippen LogP contribution in [0.1, 0.15) is 12.7 Å². The third kappa shape index (κ3) is 3.22. The average molecular weight is 244 g/mol. The zero-order chi connectivity index (χ0) is 13.0. The smallest absolute Gasteiger partial charge is 0.291 e. The van der Waals surface area contributed by atoms with Gasteiger partial charge in [0.15, 0.2) is 5.76 Å². The second kappa shape index (κ2) is 5.19. The fourth-order valence-corrected chi connectivity index (χ4v) is 1.21. The maximum absolute atomic E-state index is 12.7. The minimum absolute atomic E-state index is 0.231. The summed E-state index contributed by atoms with van der Waals surface area (Å²) in [7, 11) is 0. The van der Waals surface area contributed by atoms with E-state index in [-0.39, 0.29) is 17.5 Å². The van der Waals surface area contributed by atoms with Gasteiger partial charge in [-0.15, -0.1) is 0 Å². The maximum atomic E-state index is 12.7. The Kier molecular flexibility index (Phi) is 3.44. The van der Waals surface area contributed by atoms with Gasteiger partial charge in [-0.25, -0.2) is 4.39 Å². The predicted octanol–water partition coefficient (Wildman–Crippen LogP) is 3.15. The first-order valence-corrected chi connectivity index (χ1v) is 5.19. The molecule has 0 aliphatic rings. The SMILES string of the molecule is CC(=O)C#Cc1ccc(Oc2ccc(F)cc2)o1. The van der Waals surface area contributed by atoms with Gasteiger partial charge in [-0.05, 0) is 42.2 Å². The van der Waals surface area contributed by atoms with E-state index >= 15 is 0 Å². The standard InChI is InChI=1S/C14H9FO3/c1-10(16)2-5-12-8-9-14(17-12)18-13-6-3-11(15)4-7-13/h3-4,6-9H,1H3. The highest BCUT2D eigenvalue weighted by Crippen LogP contribution is 2.23. The summed E-state index contributed by atoms with van der Waals surface area (Å²) in [5.41, 5.74) is 0. The molecule has 1 aromatic carbocycles. The molecule has 2 aromatic rings. The highest BCUT2D eigenvalue weighted by Gasteiger charge is 2.02. The summed E-state index contributed by atoms with van der Waals surface area (Å²) in [4.78, 5) is 10.7. The molecule has 4 heteroatoms. The molecule has 0 amide bonds. The van der Waals surface area contributed by atoms with E-state index in [1.54, 1.807) is 12.1 Å². The van der Waals surface area contributed by atoms with E-state index in [1.165, 1.54) is 31.2 Å². The van der Waals surface area contributed by atoms with E-state index < -0.39 is 0 Å². The van der Waals surface area contributed by atoms with Crippen molar-refractivity contribution >= 4 is 5.78 Å². The summed E-state index contributed by atoms with van der Waals surface area (Å²) in [6.45, 7) is 1.37. The monoisotopic (exact) mass is 244 g/mol. The lowest BCUT2D eigenvalue weighted by Gasteiger charge is -2.00. The molecule has 90 valence electrons. The van der Waals surface area contributed by atoms with Crippen LogP contribution in [0.4, 0.5) is 4.39 Å². The van der Waals surface area contributed by atoms with Gasteiger partial charge in [0.1, 0.15) is 11.6 Å². The Balaban J connectivity index is 2.09. The quantitative estimate of drug-likeness (QED) is 0.762. The van der Waals surface area contributed by atoms with E-state index in [1.807, 2.05) is 0 Å². The second-order valence-corrected chi connectivity index (χ2v) is 3.48. The van der Waals surface area contributed by atoms with Gasteiger partial charge in [0, 0.05) is 13.0 Å². The molecule has 0 bridgehead atoms. The number of hydrogen-bond donors (Lipinski definition) is 0. The van der Waals surface area contributed by atoms with E-state index in [9.17, 15) is 9.18 Å². The molecule has 1 aromatic heterocycles. The van der Waals surface area contributed by atoms with Crippen molar-refractivity contribution in [3.05, 3.63) is 48.0 Å². The molecule has 0 N–H and O–H groups in total. The molecule has 0 aliphatic heterocycles. The van der Waals surface area contributed by atoms with Crippen LogP contribution in [-0.4, -0.2) is 5.78 Å². The van der Waals surface area contributed by atoms with Gasteiger partial charge in [-0.3, -0.25) is 4.79 Å². The van der Waals surface area contributed by atoms with Crippen LogP contribution >= 0.6 is 0 Å². The number of ketones is 1. The van der Waals surface area contributed by atoms with Gasteiger partial charge < -0.3 is 9.15 Å². The number of hydrogen-bond acceptors (Lipinski definition) is 3. The average Bonchev–Trinajstić information content (AvgIpc) is 2.77. The van der Waals surface area contributed by atoms with Gasteiger partial charge >= 0.3 is 0 Å². The molecule has 1 heterocycles. The Bertz CT molecular complexity index is 614. The van der Waals surface area contributed by atoms with Crippen LogP contribution in [0.25, 0.3) is 0 Å². The zero-order valence-electron chi connectivity index (χ0n) is 9.57. The van der Waals surface area contributed by atoms with Crippen LogP contribution in [0.5, 0.6) is 11.7 Å². The molecule has 0 saturated heterocycles. The lowest BCUT2D eigenvalue weighted by molar-refractivity contribution is -0.111. The Labute approximate surface area is 103 Å². The molecule has 0 atom stereocenters. The molecule has 3 nitrogen and oxygen atoms in total. The summed E-state index contributed by atoms with van der Waals surface area (Å²) in [5, 5.41) is 0. The molecule has 2 rings (SSSR count). The van der Waals surface area contributed by atoms with Crippen LogP contribution in [0.15, 0.2) is 40.8 Å². The summed E-state index contributed by atoms with van der Waals surface area (Å²) in [5.74, 6) is 5.35. The molecular formula is C14H9FO3. The highest BCUT2D eigenvalue weighted by atomic mass is 19.1. The van der Waals surface area contributed by atoms with Gasteiger partial charge in [-0.2, -0.15) is 0 Å². The van der Waals surface area contributed by atoms with Crippen molar-refractivity contribution in [2.45, 2.75) is 6.92 Å². The highest BCUT2D eigenvalue weighted by molar-refractivity contribution is 5.93. The first-order chi connectivity index (χ1) is 8.63. The van der Waals surface area contributed by atoms with Crippen molar-refractivity contribution in [3.8, 4) is 23.5 Å². The first-order valence-electron chi connectivity index (χ1n) is 5.19. The third-order valence-corrected chi connectivity index (χ3v) is 1.98. The zero-order valence-corrected chi connectivity index (χ0v) is 9.57. The number of halogens is 1. The van der Waals surface area contributed by atoms with Crippen molar-refractivity contribution in [2.24, 2.45) is 0 Å². The van der Waals surface area contributed by atoms with Crippen LogP contribution in [0, 0.1) is 17.7 Å². The van der Waals surface area contributed by atoms with Crippen LogP contribution in [-0.2, 0) is 4.79 Å². The largest absolute Gasteiger partial charge is 0.426 e. The number of carbonyl (C=O) groups excluding carboxylic acids is 1. The lowest BCUT2D eigenvalue weighted by atomic mass is 10.3. The third-order valence-electron chi connectivity index (χ3n) is 1.98. The van der Waals surface area contributed by atoms with E-state index in [2.05, 4.69) is 11.8 Å². The summed E-state index contributed by atoms with van der Waals surface area (Å²) in [6.07, 6.45) is 0. The van der Waals surface area contributed by atoms with Gasteiger partial charge in [-0.1, -0.05) is 0 Å². The van der Waals surface area contributed by atoms with Crippen LogP contribution in [0.3, 0.4) is 0 Å². The van der Waals surface area contributed by atoms with Crippen molar-refractivity contribution in [2.75, 3.05) is 0 Å². The number of benzene rings is 1. The Hall–Kier alpha value is -2.54. The summed E-state index contributed by atoms with van der Waals surface area (Å²) in [6, 6.07) is 8.71. The van der Waals surface area contributed by atoms with Crippen molar-refractivity contribution < 1.29 is 18.3 Å². The maximum Gasteiger partial charge on any atom is 0.291 e. The minimum atomic E-state index is -0.338. The molecule has 0 saturated carbocycles. The summed E-state index contributed by atoms with van der Waals surface area (Å²) >= 11 is 0. The van der Waals surface area contributed by atoms with E-state index in [0.29, 0.717) is 11.5 Å². The van der Waals surface area contributed by atoms with Crippen molar-refractivity contribution in [1.82, 2.24) is 0 Å². The molecule has 0 fully saturated rings. The molecule has 0 radical (unpaired) electrons. The Morgan fingerprint density at radius 3 is 2.61 bits per heavy atom. The van der Waals surface area contributed by atoms with Crippen molar-refractivity contribution in [3.63, 3.8) is 0 Å². The molecule has 18 heavy (non-hydrogen) atoms. The predicted molar refractivity (Wildman–Crippen MR) is 62.7 cm³/mol. The lowest BCUT2D eigenvalue weighted by Crippen LogP contribution is -1.82. The number of Topliss-reactive ketones (excluding diaryl/α,β-unsaturated/α-hetero) is 1. The fraction of sp³-hybridized carbons (Fsp3) is 0.0714. The topological polar surface area (TPSA) is 39.4 Å². The molecule has 0 spiro atoms. The summed E-state index contributed by atoms with van der Waals surface area (Å²) < 4.78 is 23.2. The minimum Gasteiger partial charge on any atom is -0.426 e. The number of ether oxygens (including phenoxy) is 1. The first kappa shape index (κ1) is 11.9. The Morgan fingerprint density at radius 2 is 1.94 bits per heavy atom. The second-order valence-electron chi connectivity index (χ2n) is 3.48. The van der Waals surface area contributed by atoms with E-state index in [4.69, 9.17) is 9.15 Å². The van der Waals surface area contributed by atoms with Crippen LogP contribution in [0.2, 0.25) is 0 Å². The van der Waals surface area contributed by atoms with Gasteiger partial charge in [0.25, 0.3) is 5.95 Å². The normalized spacial score (nSPS) is 9.44. The molecular weight excluding hydrogens is 235 g/mol. The number of furan rings is 1. The Morgan fingerprint density at radius 1 is 1.22 bits per heavy atom. The van der Waals surface area contributed by atoms with Gasteiger partial charge in [0.2, 0.25) is 5.78 Å². The van der Waals surface area contributed by atoms with E-state index in [0.717, 1.165) is 0 Å².